The van der Waals surface area contributed by atoms with Crippen molar-refractivity contribution in [2.24, 2.45) is 0 Å². The Morgan fingerprint density at radius 2 is 1.90 bits per heavy atom. The first-order valence-corrected chi connectivity index (χ1v) is 10.3. The maximum absolute atomic E-state index is 13.0. The minimum atomic E-state index is -0.240. The third kappa shape index (κ3) is 4.10. The van der Waals surface area contributed by atoms with Gasteiger partial charge in [0.25, 0.3) is 5.91 Å². The number of fused-ring (bicyclic) bond motifs is 1. The number of nitrogens with zero attached hydrogens (tertiary/aromatic N) is 1. The lowest BCUT2D eigenvalue weighted by molar-refractivity contribution is 0.0932. The second-order valence-electron chi connectivity index (χ2n) is 6.66. The molecule has 1 aliphatic rings. The summed E-state index contributed by atoms with van der Waals surface area (Å²) >= 11 is 7.61. The molecule has 1 aliphatic heterocycles. The lowest BCUT2D eigenvalue weighted by atomic mass is 10.1. The second-order valence-corrected chi connectivity index (χ2v) is 8.12. The van der Waals surface area contributed by atoms with Gasteiger partial charge >= 0.3 is 0 Å². The predicted octanol–water partition coefficient (Wildman–Crippen LogP) is 3.15. The van der Waals surface area contributed by atoms with Gasteiger partial charge in [-0.25, -0.2) is 4.98 Å². The summed E-state index contributed by atoms with van der Waals surface area (Å²) in [5.74, 6) is 0.705. The lowest BCUT2D eigenvalue weighted by Crippen LogP contribution is -2.46. The van der Waals surface area contributed by atoms with Crippen LogP contribution in [0.25, 0.3) is 10.2 Å². The Balaban J connectivity index is 1.51. The van der Waals surface area contributed by atoms with E-state index in [4.69, 9.17) is 21.1 Å². The zero-order chi connectivity index (χ0) is 20.4. The van der Waals surface area contributed by atoms with E-state index < -0.39 is 0 Å². The molecular formula is C20H21ClN4O3S. The van der Waals surface area contributed by atoms with Crippen molar-refractivity contribution in [2.75, 3.05) is 32.6 Å². The van der Waals surface area contributed by atoms with Gasteiger partial charge < -0.3 is 25.4 Å². The number of ether oxygens (including phenoxy) is 2. The highest BCUT2D eigenvalue weighted by atomic mass is 35.5. The zero-order valence-electron chi connectivity index (χ0n) is 16.0. The van der Waals surface area contributed by atoms with Crippen molar-refractivity contribution in [1.29, 1.82) is 0 Å². The second kappa shape index (κ2) is 8.44. The first-order valence-electron chi connectivity index (χ1n) is 9.14. The number of carbonyl (C=O) groups excluding carboxylic acids is 1. The molecule has 2 atom stereocenters. The van der Waals surface area contributed by atoms with Crippen LogP contribution in [-0.4, -0.2) is 50.3 Å². The van der Waals surface area contributed by atoms with E-state index in [-0.39, 0.29) is 18.0 Å². The SMILES string of the molecule is COc1cccc(OC)c1C(=O)N[C@H]1CNC[C@H]1Nc1nc2ccc(Cl)cc2s1. The molecule has 0 spiro atoms. The number of rotatable bonds is 6. The molecule has 0 unspecified atom stereocenters. The van der Waals surface area contributed by atoms with Crippen LogP contribution in [0, 0.1) is 0 Å². The maximum Gasteiger partial charge on any atom is 0.259 e. The lowest BCUT2D eigenvalue weighted by Gasteiger charge is -2.22. The van der Waals surface area contributed by atoms with Crippen LogP contribution in [0.1, 0.15) is 10.4 Å². The third-order valence-electron chi connectivity index (χ3n) is 4.84. The Hall–Kier alpha value is -2.55. The van der Waals surface area contributed by atoms with Crippen LogP contribution in [0.4, 0.5) is 5.13 Å². The fourth-order valence-corrected chi connectivity index (χ4v) is 4.62. The van der Waals surface area contributed by atoms with Crippen LogP contribution in [0.2, 0.25) is 5.02 Å². The smallest absolute Gasteiger partial charge is 0.259 e. The van der Waals surface area contributed by atoms with Gasteiger partial charge in [-0.15, -0.1) is 0 Å². The molecule has 2 heterocycles. The number of methoxy groups -OCH3 is 2. The molecule has 3 N–H and O–H groups in total. The topological polar surface area (TPSA) is 84.5 Å². The number of carbonyl (C=O) groups is 1. The molecule has 1 fully saturated rings. The molecule has 0 radical (unpaired) electrons. The molecule has 29 heavy (non-hydrogen) atoms. The van der Waals surface area contributed by atoms with Gasteiger partial charge in [-0.3, -0.25) is 4.79 Å². The minimum Gasteiger partial charge on any atom is -0.496 e. The van der Waals surface area contributed by atoms with Crippen LogP contribution in [0.15, 0.2) is 36.4 Å². The van der Waals surface area contributed by atoms with E-state index in [1.807, 2.05) is 18.2 Å². The molecule has 0 saturated carbocycles. The number of aromatic nitrogens is 1. The highest BCUT2D eigenvalue weighted by molar-refractivity contribution is 7.22. The molecule has 7 nitrogen and oxygen atoms in total. The van der Waals surface area contributed by atoms with E-state index in [1.165, 1.54) is 14.2 Å². The Morgan fingerprint density at radius 3 is 2.62 bits per heavy atom. The first kappa shape index (κ1) is 19.8. The average Bonchev–Trinajstić information content (AvgIpc) is 3.33. The number of hydrogen-bond acceptors (Lipinski definition) is 7. The van der Waals surface area contributed by atoms with E-state index in [0.29, 0.717) is 35.2 Å². The van der Waals surface area contributed by atoms with E-state index in [2.05, 4.69) is 20.9 Å². The van der Waals surface area contributed by atoms with Crippen molar-refractivity contribution in [3.8, 4) is 11.5 Å². The summed E-state index contributed by atoms with van der Waals surface area (Å²) in [5.41, 5.74) is 1.28. The molecule has 1 aromatic heterocycles. The molecule has 0 aliphatic carbocycles. The van der Waals surface area contributed by atoms with Gasteiger partial charge in [-0.1, -0.05) is 29.0 Å². The van der Waals surface area contributed by atoms with Crippen LogP contribution in [-0.2, 0) is 0 Å². The first-order chi connectivity index (χ1) is 14.1. The van der Waals surface area contributed by atoms with Crippen LogP contribution < -0.4 is 25.4 Å². The van der Waals surface area contributed by atoms with Crippen molar-refractivity contribution in [3.05, 3.63) is 47.0 Å². The normalized spacial score (nSPS) is 18.6. The quantitative estimate of drug-likeness (QED) is 0.555. The molecule has 152 valence electrons. The molecule has 3 aromatic rings. The highest BCUT2D eigenvalue weighted by Gasteiger charge is 2.31. The molecule has 9 heteroatoms. The fraction of sp³-hybridized carbons (Fsp3) is 0.300. The Kier molecular flexibility index (Phi) is 5.75. The number of thiazole rings is 1. The van der Waals surface area contributed by atoms with Crippen LogP contribution in [0.3, 0.4) is 0 Å². The number of amides is 1. The number of hydrogen-bond donors (Lipinski definition) is 3. The number of halogens is 1. The van der Waals surface area contributed by atoms with Gasteiger partial charge in [0.2, 0.25) is 0 Å². The summed E-state index contributed by atoms with van der Waals surface area (Å²) in [6, 6.07) is 10.8. The van der Waals surface area contributed by atoms with E-state index >= 15 is 0 Å². The standard InChI is InChI=1S/C20H21ClN4O3S/c1-27-15-4-3-5-16(28-2)18(15)19(26)23-13-9-22-10-14(13)25-20-24-12-7-6-11(21)8-17(12)29-20/h3-8,13-14,22H,9-10H2,1-2H3,(H,23,26)(H,24,25)/t13-,14+/m0/s1. The number of nitrogens with one attached hydrogen (secondary N) is 3. The highest BCUT2D eigenvalue weighted by Crippen LogP contribution is 2.30. The summed E-state index contributed by atoms with van der Waals surface area (Å²) < 4.78 is 11.7. The van der Waals surface area contributed by atoms with E-state index in [9.17, 15) is 4.79 Å². The number of anilines is 1. The van der Waals surface area contributed by atoms with Crippen molar-refractivity contribution in [2.45, 2.75) is 12.1 Å². The predicted molar refractivity (Wildman–Crippen MR) is 116 cm³/mol. The van der Waals surface area contributed by atoms with Gasteiger partial charge in [0, 0.05) is 18.1 Å². The Labute approximate surface area is 177 Å². The zero-order valence-corrected chi connectivity index (χ0v) is 17.6. The average molecular weight is 433 g/mol. The summed E-state index contributed by atoms with van der Waals surface area (Å²) in [7, 11) is 3.07. The monoisotopic (exact) mass is 432 g/mol. The molecule has 4 rings (SSSR count). The molecular weight excluding hydrogens is 412 g/mol. The van der Waals surface area contributed by atoms with Crippen molar-refractivity contribution >= 4 is 44.2 Å². The van der Waals surface area contributed by atoms with Gasteiger partial charge in [0.15, 0.2) is 5.13 Å². The van der Waals surface area contributed by atoms with E-state index in [0.717, 1.165) is 15.3 Å². The van der Waals surface area contributed by atoms with Crippen molar-refractivity contribution < 1.29 is 14.3 Å². The summed E-state index contributed by atoms with van der Waals surface area (Å²) in [4.78, 5) is 17.6. The van der Waals surface area contributed by atoms with Gasteiger partial charge in [-0.05, 0) is 30.3 Å². The fourth-order valence-electron chi connectivity index (χ4n) is 3.42. The largest absolute Gasteiger partial charge is 0.496 e. The van der Waals surface area contributed by atoms with Gasteiger partial charge in [0.05, 0.1) is 36.5 Å². The minimum absolute atomic E-state index is 0.00399. The molecule has 1 amide bonds. The number of benzene rings is 2. The third-order valence-corrected chi connectivity index (χ3v) is 6.03. The molecule has 0 bridgehead atoms. The van der Waals surface area contributed by atoms with Crippen molar-refractivity contribution in [1.82, 2.24) is 15.6 Å². The summed E-state index contributed by atoms with van der Waals surface area (Å²) in [6.07, 6.45) is 0. The van der Waals surface area contributed by atoms with Crippen LogP contribution in [0.5, 0.6) is 11.5 Å². The van der Waals surface area contributed by atoms with Crippen LogP contribution >= 0.6 is 22.9 Å². The van der Waals surface area contributed by atoms with E-state index in [1.54, 1.807) is 29.5 Å². The van der Waals surface area contributed by atoms with Gasteiger partial charge in [0.1, 0.15) is 17.1 Å². The summed E-state index contributed by atoms with van der Waals surface area (Å²) in [6.45, 7) is 1.36. The maximum atomic E-state index is 13.0. The molecule has 1 saturated heterocycles. The van der Waals surface area contributed by atoms with Gasteiger partial charge in [-0.2, -0.15) is 0 Å². The summed E-state index contributed by atoms with van der Waals surface area (Å²) in [5, 5.41) is 11.3. The Bertz CT molecular complexity index is 1020. The van der Waals surface area contributed by atoms with Crippen molar-refractivity contribution in [3.63, 3.8) is 0 Å². The Morgan fingerprint density at radius 1 is 1.17 bits per heavy atom. The molecule has 2 aromatic carbocycles.